The molecule has 23 heavy (non-hydrogen) atoms. The van der Waals surface area contributed by atoms with E-state index >= 15 is 0 Å². The molecule has 1 aromatic heterocycles. The van der Waals surface area contributed by atoms with Gasteiger partial charge in [0.2, 0.25) is 5.95 Å². The number of nitrogens with one attached hydrogen (secondary N) is 3. The number of anilines is 3. The average molecular weight is 336 g/mol. The quantitative estimate of drug-likeness (QED) is 0.755. The van der Waals surface area contributed by atoms with Crippen LogP contribution >= 0.6 is 11.6 Å². The molecule has 7 heteroatoms. The van der Waals surface area contributed by atoms with Crippen molar-refractivity contribution in [1.29, 1.82) is 0 Å². The summed E-state index contributed by atoms with van der Waals surface area (Å²) in [6, 6.07) is 6.03. The first-order chi connectivity index (χ1) is 11.2. The molecule has 1 aromatic carbocycles. The van der Waals surface area contributed by atoms with E-state index in [1.807, 2.05) is 0 Å². The van der Waals surface area contributed by atoms with Crippen LogP contribution in [0.4, 0.5) is 21.8 Å². The smallest absolute Gasteiger partial charge is 0.224 e. The van der Waals surface area contributed by atoms with Crippen molar-refractivity contribution in [2.45, 2.75) is 12.8 Å². The Morgan fingerprint density at radius 2 is 2.13 bits per heavy atom. The third-order valence-electron chi connectivity index (χ3n) is 3.85. The van der Waals surface area contributed by atoms with Crippen LogP contribution in [0.3, 0.4) is 0 Å². The monoisotopic (exact) mass is 335 g/mol. The molecule has 1 fully saturated rings. The fourth-order valence-corrected chi connectivity index (χ4v) is 2.70. The van der Waals surface area contributed by atoms with Crippen molar-refractivity contribution in [3.05, 3.63) is 41.3 Å². The predicted molar refractivity (Wildman–Crippen MR) is 90.8 cm³/mol. The molecule has 0 radical (unpaired) electrons. The van der Waals surface area contributed by atoms with Crippen LogP contribution in [0, 0.1) is 11.7 Å². The van der Waals surface area contributed by atoms with Gasteiger partial charge < -0.3 is 16.0 Å². The van der Waals surface area contributed by atoms with Crippen LogP contribution in [0.15, 0.2) is 30.5 Å². The summed E-state index contributed by atoms with van der Waals surface area (Å²) in [4.78, 5) is 8.57. The number of hydrogen-bond acceptors (Lipinski definition) is 5. The largest absolute Gasteiger partial charge is 0.354 e. The van der Waals surface area contributed by atoms with Crippen LogP contribution in [-0.2, 0) is 0 Å². The molecule has 0 unspecified atom stereocenters. The van der Waals surface area contributed by atoms with Gasteiger partial charge in [-0.2, -0.15) is 4.98 Å². The summed E-state index contributed by atoms with van der Waals surface area (Å²) in [6.07, 6.45) is 3.86. The van der Waals surface area contributed by atoms with Gasteiger partial charge >= 0.3 is 0 Å². The lowest BCUT2D eigenvalue weighted by atomic mass is 10.1. The van der Waals surface area contributed by atoms with Crippen molar-refractivity contribution in [3.63, 3.8) is 0 Å². The van der Waals surface area contributed by atoms with Crippen LogP contribution < -0.4 is 16.0 Å². The Hall–Kier alpha value is -1.92. The van der Waals surface area contributed by atoms with E-state index in [9.17, 15) is 4.39 Å². The highest BCUT2D eigenvalue weighted by molar-refractivity contribution is 6.32. The fourth-order valence-electron chi connectivity index (χ4n) is 2.56. The summed E-state index contributed by atoms with van der Waals surface area (Å²) in [6.45, 7) is 3.01. The number of rotatable bonds is 6. The van der Waals surface area contributed by atoms with Gasteiger partial charge in [0.25, 0.3) is 0 Å². The Balaban J connectivity index is 1.60. The van der Waals surface area contributed by atoms with Crippen molar-refractivity contribution in [3.8, 4) is 0 Å². The van der Waals surface area contributed by atoms with Gasteiger partial charge in [0, 0.05) is 12.2 Å². The molecular formula is C16H19ClFN5. The molecule has 1 aliphatic rings. The molecule has 3 N–H and O–H groups in total. The zero-order valence-corrected chi connectivity index (χ0v) is 13.4. The highest BCUT2D eigenvalue weighted by atomic mass is 35.5. The first-order valence-electron chi connectivity index (χ1n) is 7.70. The Morgan fingerprint density at radius 1 is 1.30 bits per heavy atom. The van der Waals surface area contributed by atoms with E-state index in [0.717, 1.165) is 31.7 Å². The number of halogens is 2. The molecule has 2 aromatic rings. The second-order valence-corrected chi connectivity index (χ2v) is 6.00. The molecule has 3 rings (SSSR count). The zero-order chi connectivity index (χ0) is 16.1. The van der Waals surface area contributed by atoms with E-state index in [4.69, 9.17) is 11.6 Å². The molecule has 0 aliphatic carbocycles. The minimum absolute atomic E-state index is 0.284. The van der Waals surface area contributed by atoms with E-state index in [0.29, 0.717) is 22.7 Å². The van der Waals surface area contributed by atoms with Crippen LogP contribution in [0.2, 0.25) is 5.02 Å². The lowest BCUT2D eigenvalue weighted by Crippen LogP contribution is -2.14. The van der Waals surface area contributed by atoms with Gasteiger partial charge in [0.1, 0.15) is 10.8 Å². The molecule has 0 bridgehead atoms. The van der Waals surface area contributed by atoms with Gasteiger partial charge in [-0.25, -0.2) is 9.37 Å². The molecule has 122 valence electrons. The van der Waals surface area contributed by atoms with Crippen LogP contribution in [0.1, 0.15) is 12.8 Å². The van der Waals surface area contributed by atoms with Crippen molar-refractivity contribution >= 4 is 29.1 Å². The first kappa shape index (κ1) is 16.0. The second-order valence-electron chi connectivity index (χ2n) is 5.60. The lowest BCUT2D eigenvalue weighted by Gasteiger charge is -2.11. The van der Waals surface area contributed by atoms with Crippen molar-refractivity contribution in [2.24, 2.45) is 5.92 Å². The maximum atomic E-state index is 12.9. The van der Waals surface area contributed by atoms with Gasteiger partial charge in [-0.1, -0.05) is 11.6 Å². The van der Waals surface area contributed by atoms with Gasteiger partial charge in [0.05, 0.1) is 6.20 Å². The molecule has 1 aliphatic heterocycles. The highest BCUT2D eigenvalue weighted by Crippen LogP contribution is 2.24. The summed E-state index contributed by atoms with van der Waals surface area (Å²) in [7, 11) is 0. The average Bonchev–Trinajstić information content (AvgIpc) is 3.06. The van der Waals surface area contributed by atoms with Gasteiger partial charge in [-0.3, -0.25) is 0 Å². The van der Waals surface area contributed by atoms with E-state index in [1.54, 1.807) is 18.3 Å². The Morgan fingerprint density at radius 3 is 2.87 bits per heavy atom. The van der Waals surface area contributed by atoms with E-state index in [2.05, 4.69) is 25.9 Å². The Labute approximate surface area is 139 Å². The number of nitrogens with zero attached hydrogens (tertiary/aromatic N) is 2. The summed E-state index contributed by atoms with van der Waals surface area (Å²) >= 11 is 6.12. The van der Waals surface area contributed by atoms with Crippen molar-refractivity contribution in [1.82, 2.24) is 15.3 Å². The molecule has 5 nitrogen and oxygen atoms in total. The molecular weight excluding hydrogens is 317 g/mol. The summed E-state index contributed by atoms with van der Waals surface area (Å²) in [5.41, 5.74) is 0.718. The van der Waals surface area contributed by atoms with E-state index < -0.39 is 0 Å². The maximum absolute atomic E-state index is 12.9. The Bertz CT molecular complexity index is 643. The van der Waals surface area contributed by atoms with E-state index in [-0.39, 0.29) is 5.82 Å². The van der Waals surface area contributed by atoms with Crippen LogP contribution in [0.5, 0.6) is 0 Å². The van der Waals surface area contributed by atoms with Gasteiger partial charge in [-0.05, 0) is 56.1 Å². The molecule has 0 spiro atoms. The minimum atomic E-state index is -0.284. The normalized spacial score (nSPS) is 17.2. The molecule has 0 saturated carbocycles. The number of hydrogen-bond donors (Lipinski definition) is 3. The predicted octanol–water partition coefficient (Wildman–Crippen LogP) is 3.42. The van der Waals surface area contributed by atoms with E-state index in [1.165, 1.54) is 18.6 Å². The van der Waals surface area contributed by atoms with Crippen molar-refractivity contribution in [2.75, 3.05) is 30.3 Å². The second kappa shape index (κ2) is 7.57. The summed E-state index contributed by atoms with van der Waals surface area (Å²) in [5.74, 6) is 1.46. The summed E-state index contributed by atoms with van der Waals surface area (Å²) < 4.78 is 12.9. The van der Waals surface area contributed by atoms with Crippen LogP contribution in [0.25, 0.3) is 0 Å². The third kappa shape index (κ3) is 4.53. The number of aromatic nitrogens is 2. The maximum Gasteiger partial charge on any atom is 0.224 e. The molecule has 1 saturated heterocycles. The molecule has 0 amide bonds. The van der Waals surface area contributed by atoms with Gasteiger partial charge in [-0.15, -0.1) is 0 Å². The number of benzene rings is 1. The Kier molecular flexibility index (Phi) is 5.25. The minimum Gasteiger partial charge on any atom is -0.354 e. The SMILES string of the molecule is Fc1ccc(Nc2nc(NCC[C@@H]3CCNC3)ncc2Cl)cc1. The zero-order valence-electron chi connectivity index (χ0n) is 12.6. The molecule has 2 heterocycles. The standard InChI is InChI=1S/C16H19ClFN5/c17-14-10-21-16(20-8-6-11-5-7-19-9-11)23-15(14)22-13-3-1-12(18)2-4-13/h1-4,10-11,19H,5-9H2,(H2,20,21,22,23)/t11-/m0/s1. The fraction of sp³-hybridized carbons (Fsp3) is 0.375. The van der Waals surface area contributed by atoms with Crippen molar-refractivity contribution < 1.29 is 4.39 Å². The summed E-state index contributed by atoms with van der Waals surface area (Å²) in [5, 5.41) is 10.1. The lowest BCUT2D eigenvalue weighted by molar-refractivity contribution is 0.548. The first-order valence-corrected chi connectivity index (χ1v) is 8.08. The topological polar surface area (TPSA) is 61.9 Å². The van der Waals surface area contributed by atoms with Gasteiger partial charge in [0.15, 0.2) is 5.82 Å². The van der Waals surface area contributed by atoms with Crippen LogP contribution in [-0.4, -0.2) is 29.6 Å². The molecule has 1 atom stereocenters. The third-order valence-corrected chi connectivity index (χ3v) is 4.13. The highest BCUT2D eigenvalue weighted by Gasteiger charge is 2.14.